The number of likely N-dealkylation sites (tertiary alicyclic amines) is 1. The molecule has 22 heavy (non-hydrogen) atoms. The second-order valence-corrected chi connectivity index (χ2v) is 5.91. The number of carbonyl (C=O) groups excluding carboxylic acids is 1. The van der Waals surface area contributed by atoms with Crippen LogP contribution in [0.1, 0.15) is 24.0 Å². The van der Waals surface area contributed by atoms with Gasteiger partial charge in [-0.2, -0.15) is 13.2 Å². The van der Waals surface area contributed by atoms with Crippen molar-refractivity contribution in [2.24, 2.45) is 5.92 Å². The van der Waals surface area contributed by atoms with E-state index in [2.05, 4.69) is 5.32 Å². The van der Waals surface area contributed by atoms with E-state index >= 15 is 0 Å². The molecule has 122 valence electrons. The van der Waals surface area contributed by atoms with Crippen LogP contribution in [0.25, 0.3) is 0 Å². The zero-order chi connectivity index (χ0) is 16.3. The van der Waals surface area contributed by atoms with Crippen LogP contribution < -0.4 is 5.32 Å². The number of nitrogens with one attached hydrogen (secondary N) is 1. The number of halogens is 3. The molecule has 1 saturated heterocycles. The summed E-state index contributed by atoms with van der Waals surface area (Å²) < 4.78 is 38.3. The molecular formula is C16H21F3N2O. The van der Waals surface area contributed by atoms with Crippen molar-refractivity contribution in [3.8, 4) is 0 Å². The van der Waals surface area contributed by atoms with Gasteiger partial charge in [0, 0.05) is 12.2 Å². The molecule has 0 radical (unpaired) electrons. The van der Waals surface area contributed by atoms with Gasteiger partial charge in [0.25, 0.3) is 0 Å². The Hall–Kier alpha value is -1.56. The van der Waals surface area contributed by atoms with E-state index in [1.54, 1.807) is 11.0 Å². The van der Waals surface area contributed by atoms with Gasteiger partial charge < -0.3 is 5.32 Å². The molecule has 2 rings (SSSR count). The number of hydrogen-bond acceptors (Lipinski definition) is 2. The molecule has 3 nitrogen and oxygen atoms in total. The van der Waals surface area contributed by atoms with Crippen LogP contribution in [-0.4, -0.2) is 36.6 Å². The quantitative estimate of drug-likeness (QED) is 0.926. The maximum atomic E-state index is 12.8. The van der Waals surface area contributed by atoms with Gasteiger partial charge in [-0.25, -0.2) is 0 Å². The third kappa shape index (κ3) is 4.22. The lowest BCUT2D eigenvalue weighted by Crippen LogP contribution is -2.44. The van der Waals surface area contributed by atoms with Gasteiger partial charge in [0.2, 0.25) is 5.91 Å². The fourth-order valence-electron chi connectivity index (χ4n) is 2.75. The van der Waals surface area contributed by atoms with Crippen molar-refractivity contribution in [1.29, 1.82) is 0 Å². The number of nitrogens with zero attached hydrogens (tertiary/aromatic N) is 1. The minimum absolute atomic E-state index is 0.0000378. The molecule has 1 aromatic carbocycles. The summed E-state index contributed by atoms with van der Waals surface area (Å²) >= 11 is 0. The molecule has 1 N–H and O–H groups in total. The van der Waals surface area contributed by atoms with Gasteiger partial charge in [-0.3, -0.25) is 9.69 Å². The average molecular weight is 314 g/mol. The Balaban J connectivity index is 1.93. The molecule has 0 aliphatic carbocycles. The smallest absolute Gasteiger partial charge is 0.325 e. The van der Waals surface area contributed by atoms with E-state index in [0.717, 1.165) is 16.8 Å². The number of amides is 1. The molecule has 1 heterocycles. The summed E-state index contributed by atoms with van der Waals surface area (Å²) in [6.07, 6.45) is -3.55. The fraction of sp³-hybridized carbons (Fsp3) is 0.562. The molecule has 1 fully saturated rings. The SMILES string of the molecule is Cc1cccc(NC(=O)CN2CCC[C@@H](C(F)(F)F)C2)c1C. The Kier molecular flexibility index (Phi) is 5.11. The van der Waals surface area contributed by atoms with E-state index in [9.17, 15) is 18.0 Å². The van der Waals surface area contributed by atoms with Crippen LogP contribution in [0.3, 0.4) is 0 Å². The van der Waals surface area contributed by atoms with Crippen LogP contribution in [-0.2, 0) is 4.79 Å². The molecule has 0 bridgehead atoms. The maximum Gasteiger partial charge on any atom is 0.393 e. The highest BCUT2D eigenvalue weighted by Gasteiger charge is 2.41. The van der Waals surface area contributed by atoms with E-state index < -0.39 is 12.1 Å². The Morgan fingerprint density at radius 2 is 2.09 bits per heavy atom. The molecule has 0 unspecified atom stereocenters. The van der Waals surface area contributed by atoms with Crippen molar-refractivity contribution in [2.45, 2.75) is 32.9 Å². The first-order valence-corrected chi connectivity index (χ1v) is 7.42. The summed E-state index contributed by atoms with van der Waals surface area (Å²) in [5.41, 5.74) is 2.75. The summed E-state index contributed by atoms with van der Waals surface area (Å²) in [6, 6.07) is 5.59. The number of rotatable bonds is 3. The van der Waals surface area contributed by atoms with E-state index in [1.807, 2.05) is 26.0 Å². The van der Waals surface area contributed by atoms with Crippen LogP contribution in [0, 0.1) is 19.8 Å². The van der Waals surface area contributed by atoms with Crippen molar-refractivity contribution in [2.75, 3.05) is 25.0 Å². The van der Waals surface area contributed by atoms with Gasteiger partial charge in [0.15, 0.2) is 0 Å². The van der Waals surface area contributed by atoms with Crippen molar-refractivity contribution in [3.05, 3.63) is 29.3 Å². The lowest BCUT2D eigenvalue weighted by Gasteiger charge is -2.33. The van der Waals surface area contributed by atoms with Gasteiger partial charge in [-0.15, -0.1) is 0 Å². The third-order valence-electron chi connectivity index (χ3n) is 4.21. The van der Waals surface area contributed by atoms with Gasteiger partial charge >= 0.3 is 6.18 Å². The first-order chi connectivity index (χ1) is 10.3. The normalized spacial score (nSPS) is 20.0. The summed E-state index contributed by atoms with van der Waals surface area (Å²) in [5.74, 6) is -1.59. The lowest BCUT2D eigenvalue weighted by molar-refractivity contribution is -0.186. The molecule has 0 aromatic heterocycles. The van der Waals surface area contributed by atoms with E-state index in [4.69, 9.17) is 0 Å². The summed E-state index contributed by atoms with van der Waals surface area (Å²) in [7, 11) is 0. The van der Waals surface area contributed by atoms with Gasteiger partial charge in [0.05, 0.1) is 12.5 Å². The minimum Gasteiger partial charge on any atom is -0.325 e. The number of piperidine rings is 1. The molecule has 1 amide bonds. The molecule has 0 saturated carbocycles. The monoisotopic (exact) mass is 314 g/mol. The highest BCUT2D eigenvalue weighted by atomic mass is 19.4. The Labute approximate surface area is 128 Å². The predicted octanol–water partition coefficient (Wildman–Crippen LogP) is 3.52. The second kappa shape index (κ2) is 6.69. The number of carbonyl (C=O) groups is 1. The topological polar surface area (TPSA) is 32.3 Å². The Bertz CT molecular complexity index is 543. The van der Waals surface area contributed by atoms with Crippen molar-refractivity contribution < 1.29 is 18.0 Å². The van der Waals surface area contributed by atoms with Crippen molar-refractivity contribution in [1.82, 2.24) is 4.90 Å². The van der Waals surface area contributed by atoms with Crippen LogP contribution >= 0.6 is 0 Å². The molecule has 0 spiro atoms. The standard InChI is InChI=1S/C16H21F3N2O/c1-11-5-3-7-14(12(11)2)20-15(22)10-21-8-4-6-13(9-21)16(17,18)19/h3,5,7,13H,4,6,8-10H2,1-2H3,(H,20,22)/t13-/m1/s1. The molecule has 1 aromatic rings. The Morgan fingerprint density at radius 1 is 1.36 bits per heavy atom. The third-order valence-corrected chi connectivity index (χ3v) is 4.21. The highest BCUT2D eigenvalue weighted by molar-refractivity contribution is 5.93. The maximum absolute atomic E-state index is 12.8. The van der Waals surface area contributed by atoms with Gasteiger partial charge in [-0.05, 0) is 50.4 Å². The van der Waals surface area contributed by atoms with Gasteiger partial charge in [0.1, 0.15) is 0 Å². The van der Waals surface area contributed by atoms with E-state index in [0.29, 0.717) is 13.0 Å². The zero-order valence-electron chi connectivity index (χ0n) is 12.8. The molecule has 6 heteroatoms. The zero-order valence-corrected chi connectivity index (χ0v) is 12.8. The fourth-order valence-corrected chi connectivity index (χ4v) is 2.75. The molecular weight excluding hydrogens is 293 g/mol. The van der Waals surface area contributed by atoms with E-state index in [1.165, 1.54) is 0 Å². The average Bonchev–Trinajstić information content (AvgIpc) is 2.43. The summed E-state index contributed by atoms with van der Waals surface area (Å²) in [4.78, 5) is 13.7. The number of benzene rings is 1. The minimum atomic E-state index is -4.18. The predicted molar refractivity (Wildman–Crippen MR) is 79.8 cm³/mol. The number of anilines is 1. The highest BCUT2D eigenvalue weighted by Crippen LogP contribution is 2.33. The van der Waals surface area contributed by atoms with E-state index in [-0.39, 0.29) is 25.4 Å². The molecule has 1 aliphatic heterocycles. The van der Waals surface area contributed by atoms with Crippen LogP contribution in [0.5, 0.6) is 0 Å². The number of alkyl halides is 3. The largest absolute Gasteiger partial charge is 0.393 e. The molecule has 1 atom stereocenters. The van der Waals surface area contributed by atoms with Crippen molar-refractivity contribution >= 4 is 11.6 Å². The first-order valence-electron chi connectivity index (χ1n) is 7.42. The van der Waals surface area contributed by atoms with Crippen LogP contribution in [0.15, 0.2) is 18.2 Å². The number of aryl methyl sites for hydroxylation is 1. The lowest BCUT2D eigenvalue weighted by atomic mass is 9.97. The van der Waals surface area contributed by atoms with Gasteiger partial charge in [-0.1, -0.05) is 12.1 Å². The Morgan fingerprint density at radius 3 is 2.77 bits per heavy atom. The van der Waals surface area contributed by atoms with Crippen LogP contribution in [0.2, 0.25) is 0 Å². The summed E-state index contributed by atoms with van der Waals surface area (Å²) in [6.45, 7) is 4.30. The van der Waals surface area contributed by atoms with Crippen molar-refractivity contribution in [3.63, 3.8) is 0 Å². The summed E-state index contributed by atoms with van der Waals surface area (Å²) in [5, 5.41) is 2.79. The van der Waals surface area contributed by atoms with Crippen LogP contribution in [0.4, 0.5) is 18.9 Å². The molecule has 1 aliphatic rings. The second-order valence-electron chi connectivity index (χ2n) is 5.91. The number of hydrogen-bond donors (Lipinski definition) is 1. The first kappa shape index (κ1) is 16.8.